The smallest absolute Gasteiger partial charge is 0.305 e. The lowest BCUT2D eigenvalue weighted by Crippen LogP contribution is -2.36. The molecule has 1 aromatic carbocycles. The van der Waals surface area contributed by atoms with E-state index in [2.05, 4.69) is 37.8 Å². The van der Waals surface area contributed by atoms with Gasteiger partial charge in [-0.1, -0.05) is 32.0 Å². The van der Waals surface area contributed by atoms with E-state index < -0.39 is 5.97 Å². The number of carboxylic acids is 1. The molecule has 0 aliphatic heterocycles. The second-order valence-corrected chi connectivity index (χ2v) is 4.59. The fourth-order valence-electron chi connectivity index (χ4n) is 2.33. The van der Waals surface area contributed by atoms with Gasteiger partial charge in [-0.3, -0.25) is 4.79 Å². The van der Waals surface area contributed by atoms with E-state index >= 15 is 0 Å². The topological polar surface area (TPSA) is 40.5 Å². The maximum atomic E-state index is 10.8. The van der Waals surface area contributed by atoms with Gasteiger partial charge in [-0.2, -0.15) is 0 Å². The summed E-state index contributed by atoms with van der Waals surface area (Å²) >= 11 is 0. The van der Waals surface area contributed by atoms with Crippen molar-refractivity contribution in [3.8, 4) is 0 Å². The molecule has 0 saturated carbocycles. The van der Waals surface area contributed by atoms with Crippen LogP contribution in [0, 0.1) is 6.92 Å². The van der Waals surface area contributed by atoms with Crippen LogP contribution in [0.4, 0.5) is 5.69 Å². The zero-order chi connectivity index (χ0) is 13.5. The molecule has 0 spiro atoms. The van der Waals surface area contributed by atoms with Crippen LogP contribution >= 0.6 is 0 Å². The summed E-state index contributed by atoms with van der Waals surface area (Å²) in [6.45, 7) is 6.96. The lowest BCUT2D eigenvalue weighted by atomic mass is 10.1. The minimum atomic E-state index is -0.737. The number of aliphatic carboxylic acids is 1. The van der Waals surface area contributed by atoms with E-state index in [-0.39, 0.29) is 6.42 Å². The van der Waals surface area contributed by atoms with Gasteiger partial charge in [0, 0.05) is 18.3 Å². The van der Waals surface area contributed by atoms with Crippen LogP contribution in [0.25, 0.3) is 0 Å². The molecule has 1 rings (SSSR count). The molecule has 0 atom stereocenters. The molecule has 3 nitrogen and oxygen atoms in total. The molecule has 0 heterocycles. The van der Waals surface area contributed by atoms with Crippen molar-refractivity contribution < 1.29 is 9.90 Å². The average Bonchev–Trinajstić information content (AvgIpc) is 2.35. The first kappa shape index (κ1) is 14.6. The van der Waals surface area contributed by atoms with Crippen LogP contribution in [-0.2, 0) is 4.79 Å². The normalized spacial score (nSPS) is 10.7. The van der Waals surface area contributed by atoms with Gasteiger partial charge in [0.15, 0.2) is 0 Å². The molecular weight excluding hydrogens is 226 g/mol. The van der Waals surface area contributed by atoms with Crippen molar-refractivity contribution in [2.45, 2.75) is 46.1 Å². The molecular formula is C15H23NO2. The molecule has 0 radical (unpaired) electrons. The lowest BCUT2D eigenvalue weighted by molar-refractivity contribution is -0.136. The van der Waals surface area contributed by atoms with Crippen molar-refractivity contribution in [2.24, 2.45) is 0 Å². The van der Waals surface area contributed by atoms with Gasteiger partial charge >= 0.3 is 5.97 Å². The van der Waals surface area contributed by atoms with Crippen molar-refractivity contribution in [3.05, 3.63) is 29.8 Å². The van der Waals surface area contributed by atoms with E-state index in [1.54, 1.807) is 0 Å². The first-order valence-corrected chi connectivity index (χ1v) is 6.64. The van der Waals surface area contributed by atoms with Crippen molar-refractivity contribution in [1.29, 1.82) is 0 Å². The molecule has 0 unspecified atom stereocenters. The fraction of sp³-hybridized carbons (Fsp3) is 0.533. The summed E-state index contributed by atoms with van der Waals surface area (Å²) in [7, 11) is 0. The standard InChI is InChI=1S/C15H23NO2/c1-4-13(5-2)16(11-10-15(17)18)14-9-7-6-8-12(14)3/h6-9,13H,4-5,10-11H2,1-3H3,(H,17,18). The van der Waals surface area contributed by atoms with Crippen LogP contribution in [0.3, 0.4) is 0 Å². The first-order chi connectivity index (χ1) is 8.60. The minimum Gasteiger partial charge on any atom is -0.481 e. The summed E-state index contributed by atoms with van der Waals surface area (Å²) in [6, 6.07) is 8.59. The Hall–Kier alpha value is -1.51. The Kier molecular flexibility index (Phi) is 5.69. The predicted molar refractivity (Wildman–Crippen MR) is 75.1 cm³/mol. The highest BCUT2D eigenvalue weighted by Gasteiger charge is 2.17. The molecule has 100 valence electrons. The summed E-state index contributed by atoms with van der Waals surface area (Å²) in [5.41, 5.74) is 2.36. The minimum absolute atomic E-state index is 0.185. The second-order valence-electron chi connectivity index (χ2n) is 4.59. The van der Waals surface area contributed by atoms with E-state index in [0.717, 1.165) is 18.5 Å². The number of hydrogen-bond donors (Lipinski definition) is 1. The van der Waals surface area contributed by atoms with Crippen LogP contribution in [0.1, 0.15) is 38.7 Å². The van der Waals surface area contributed by atoms with Crippen molar-refractivity contribution in [1.82, 2.24) is 0 Å². The summed E-state index contributed by atoms with van der Waals surface area (Å²) in [6.07, 6.45) is 2.25. The van der Waals surface area contributed by atoms with Crippen molar-refractivity contribution in [3.63, 3.8) is 0 Å². The molecule has 0 bridgehead atoms. The number of carboxylic acid groups (broad SMARTS) is 1. The number of para-hydroxylation sites is 1. The van der Waals surface area contributed by atoms with Crippen molar-refractivity contribution in [2.75, 3.05) is 11.4 Å². The van der Waals surface area contributed by atoms with E-state index in [4.69, 9.17) is 5.11 Å². The summed E-state index contributed by atoms with van der Waals surface area (Å²) in [5, 5.41) is 8.88. The maximum Gasteiger partial charge on any atom is 0.305 e. The molecule has 1 N–H and O–H groups in total. The van der Waals surface area contributed by atoms with Gasteiger partial charge in [0.2, 0.25) is 0 Å². The Bertz CT molecular complexity index is 386. The molecule has 18 heavy (non-hydrogen) atoms. The number of hydrogen-bond acceptors (Lipinski definition) is 2. The average molecular weight is 249 g/mol. The Morgan fingerprint density at radius 3 is 2.39 bits per heavy atom. The second kappa shape index (κ2) is 7.04. The molecule has 3 heteroatoms. The number of rotatable bonds is 7. The largest absolute Gasteiger partial charge is 0.481 e. The highest BCUT2D eigenvalue weighted by atomic mass is 16.4. The zero-order valence-electron chi connectivity index (χ0n) is 11.5. The Morgan fingerprint density at radius 2 is 1.89 bits per heavy atom. The molecule has 0 aromatic heterocycles. The van der Waals surface area contributed by atoms with Gasteiger partial charge in [-0.15, -0.1) is 0 Å². The van der Waals surface area contributed by atoms with E-state index in [1.807, 2.05) is 12.1 Å². The predicted octanol–water partition coefficient (Wildman–Crippen LogP) is 3.46. The summed E-state index contributed by atoms with van der Waals surface area (Å²) in [4.78, 5) is 13.0. The number of carbonyl (C=O) groups is 1. The zero-order valence-corrected chi connectivity index (χ0v) is 11.5. The monoisotopic (exact) mass is 249 g/mol. The van der Waals surface area contributed by atoms with Crippen molar-refractivity contribution >= 4 is 11.7 Å². The lowest BCUT2D eigenvalue weighted by Gasteiger charge is -2.33. The summed E-state index contributed by atoms with van der Waals surface area (Å²) < 4.78 is 0. The van der Waals surface area contributed by atoms with Crippen LogP contribution in [0.2, 0.25) is 0 Å². The summed E-state index contributed by atoms with van der Waals surface area (Å²) in [5.74, 6) is -0.737. The van der Waals surface area contributed by atoms with Gasteiger partial charge in [-0.05, 0) is 31.4 Å². The molecule has 0 aliphatic rings. The molecule has 0 saturated heterocycles. The van der Waals surface area contributed by atoms with Gasteiger partial charge in [0.05, 0.1) is 6.42 Å². The third-order valence-electron chi connectivity index (χ3n) is 3.37. The Balaban J connectivity index is 2.96. The highest BCUT2D eigenvalue weighted by Crippen LogP contribution is 2.24. The van der Waals surface area contributed by atoms with E-state index in [1.165, 1.54) is 5.56 Å². The van der Waals surface area contributed by atoms with Crippen LogP contribution < -0.4 is 4.90 Å². The molecule has 0 aliphatic carbocycles. The first-order valence-electron chi connectivity index (χ1n) is 6.64. The fourth-order valence-corrected chi connectivity index (χ4v) is 2.33. The molecule has 0 fully saturated rings. The van der Waals surface area contributed by atoms with E-state index in [0.29, 0.717) is 12.6 Å². The van der Waals surface area contributed by atoms with Crippen LogP contribution in [-0.4, -0.2) is 23.7 Å². The van der Waals surface area contributed by atoms with Crippen LogP contribution in [0.5, 0.6) is 0 Å². The third-order valence-corrected chi connectivity index (χ3v) is 3.37. The van der Waals surface area contributed by atoms with Crippen LogP contribution in [0.15, 0.2) is 24.3 Å². The number of anilines is 1. The number of nitrogens with zero attached hydrogens (tertiary/aromatic N) is 1. The van der Waals surface area contributed by atoms with Gasteiger partial charge in [-0.25, -0.2) is 0 Å². The third kappa shape index (κ3) is 3.76. The highest BCUT2D eigenvalue weighted by molar-refractivity contribution is 5.68. The molecule has 1 aromatic rings. The Morgan fingerprint density at radius 1 is 1.28 bits per heavy atom. The Labute approximate surface area is 109 Å². The van der Waals surface area contributed by atoms with E-state index in [9.17, 15) is 4.79 Å². The van der Waals surface area contributed by atoms with Gasteiger partial charge in [0.25, 0.3) is 0 Å². The van der Waals surface area contributed by atoms with Gasteiger partial charge in [0.1, 0.15) is 0 Å². The molecule has 0 amide bonds. The number of benzene rings is 1. The van der Waals surface area contributed by atoms with Gasteiger partial charge < -0.3 is 10.0 Å². The quantitative estimate of drug-likeness (QED) is 0.804. The number of aryl methyl sites for hydroxylation is 1. The maximum absolute atomic E-state index is 10.8. The SMILES string of the molecule is CCC(CC)N(CCC(=O)O)c1ccccc1C.